The van der Waals surface area contributed by atoms with Gasteiger partial charge < -0.3 is 10.6 Å². The summed E-state index contributed by atoms with van der Waals surface area (Å²) in [5.74, 6) is -0.647. The lowest BCUT2D eigenvalue weighted by Crippen LogP contribution is -2.45. The highest BCUT2D eigenvalue weighted by atomic mass is 32.2. The third-order valence-electron chi connectivity index (χ3n) is 3.30. The molecule has 24 heavy (non-hydrogen) atoms. The third kappa shape index (κ3) is 6.67. The van der Waals surface area contributed by atoms with E-state index >= 15 is 0 Å². The highest BCUT2D eigenvalue weighted by molar-refractivity contribution is 7.89. The van der Waals surface area contributed by atoms with E-state index in [1.165, 1.54) is 12.1 Å². The molecule has 0 aromatic heterocycles. The fraction of sp³-hybridized carbons (Fsp3) is 0.500. The van der Waals surface area contributed by atoms with Crippen molar-refractivity contribution in [3.05, 3.63) is 29.8 Å². The number of carbonyl (C=O) groups is 2. The molecule has 0 saturated heterocycles. The first-order valence-corrected chi connectivity index (χ1v) is 9.38. The lowest BCUT2D eigenvalue weighted by atomic mass is 10.2. The smallest absolute Gasteiger partial charge is 0.242 e. The molecule has 134 valence electrons. The summed E-state index contributed by atoms with van der Waals surface area (Å²) in [5, 5.41) is 5.21. The normalized spacial score (nSPS) is 12.5. The molecule has 0 bridgehead atoms. The van der Waals surface area contributed by atoms with Gasteiger partial charge in [-0.05, 0) is 32.4 Å². The monoisotopic (exact) mass is 355 g/mol. The number of hydrogen-bond acceptors (Lipinski definition) is 4. The Bertz CT molecular complexity index is 656. The summed E-state index contributed by atoms with van der Waals surface area (Å²) in [5.41, 5.74) is 0.962. The number of benzene rings is 1. The van der Waals surface area contributed by atoms with Crippen LogP contribution in [0.5, 0.6) is 0 Å². The van der Waals surface area contributed by atoms with Gasteiger partial charge in [0.2, 0.25) is 21.8 Å². The number of hydrogen-bond donors (Lipinski definition) is 3. The van der Waals surface area contributed by atoms with Crippen LogP contribution in [0, 0.1) is 6.92 Å². The molecule has 0 aliphatic carbocycles. The maximum absolute atomic E-state index is 12.1. The summed E-state index contributed by atoms with van der Waals surface area (Å²) < 4.78 is 26.5. The van der Waals surface area contributed by atoms with Gasteiger partial charge in [-0.25, -0.2) is 13.1 Å². The fourth-order valence-corrected chi connectivity index (χ4v) is 2.91. The first kappa shape index (κ1) is 20.1. The molecule has 0 radical (unpaired) electrons. The van der Waals surface area contributed by atoms with Crippen molar-refractivity contribution in [2.75, 3.05) is 13.1 Å². The maximum atomic E-state index is 12.1. The first-order chi connectivity index (χ1) is 11.3. The van der Waals surface area contributed by atoms with Crippen LogP contribution in [0.3, 0.4) is 0 Å². The molecule has 0 aliphatic heterocycles. The lowest BCUT2D eigenvalue weighted by Gasteiger charge is -2.14. The predicted molar refractivity (Wildman–Crippen MR) is 91.9 cm³/mol. The second kappa shape index (κ2) is 9.39. The van der Waals surface area contributed by atoms with Crippen LogP contribution >= 0.6 is 0 Å². The van der Waals surface area contributed by atoms with Gasteiger partial charge >= 0.3 is 0 Å². The summed E-state index contributed by atoms with van der Waals surface area (Å²) >= 11 is 0. The highest BCUT2D eigenvalue weighted by Crippen LogP contribution is 2.09. The van der Waals surface area contributed by atoms with E-state index in [0.29, 0.717) is 6.54 Å². The molecule has 3 N–H and O–H groups in total. The van der Waals surface area contributed by atoms with E-state index in [4.69, 9.17) is 0 Å². The van der Waals surface area contributed by atoms with E-state index in [-0.39, 0.29) is 29.7 Å². The van der Waals surface area contributed by atoms with Crippen LogP contribution in [0.2, 0.25) is 0 Å². The molecule has 0 aliphatic rings. The van der Waals surface area contributed by atoms with Crippen LogP contribution in [0.25, 0.3) is 0 Å². The Morgan fingerprint density at radius 1 is 1.12 bits per heavy atom. The number of carbonyl (C=O) groups excluding carboxylic acids is 2. The molecule has 7 nitrogen and oxygen atoms in total. The van der Waals surface area contributed by atoms with Gasteiger partial charge in [0.15, 0.2) is 0 Å². The van der Waals surface area contributed by atoms with Crippen LogP contribution in [-0.4, -0.2) is 39.4 Å². The predicted octanol–water partition coefficient (Wildman–Crippen LogP) is 0.694. The molecule has 8 heteroatoms. The average molecular weight is 355 g/mol. The SMILES string of the molecule is CCCNC(=O)[C@@H](C)NC(=O)CCNS(=O)(=O)c1ccc(C)cc1. The molecule has 0 fully saturated rings. The Hall–Kier alpha value is -1.93. The van der Waals surface area contributed by atoms with E-state index in [1.807, 2.05) is 13.8 Å². The van der Waals surface area contributed by atoms with Gasteiger partial charge in [0.25, 0.3) is 0 Å². The topological polar surface area (TPSA) is 104 Å². The summed E-state index contributed by atoms with van der Waals surface area (Å²) in [6.45, 7) is 5.90. The van der Waals surface area contributed by atoms with Gasteiger partial charge in [-0.1, -0.05) is 24.6 Å². The second-order valence-corrected chi connectivity index (χ2v) is 7.31. The van der Waals surface area contributed by atoms with Gasteiger partial charge in [0.05, 0.1) is 4.90 Å². The molecule has 2 amide bonds. The molecule has 0 heterocycles. The number of amides is 2. The Morgan fingerprint density at radius 3 is 2.33 bits per heavy atom. The second-order valence-electron chi connectivity index (χ2n) is 5.54. The minimum atomic E-state index is -3.64. The molecule has 1 atom stereocenters. The van der Waals surface area contributed by atoms with Gasteiger partial charge in [0, 0.05) is 19.5 Å². The third-order valence-corrected chi connectivity index (χ3v) is 4.77. The zero-order valence-electron chi connectivity index (χ0n) is 14.3. The summed E-state index contributed by atoms with van der Waals surface area (Å²) in [7, 11) is -3.64. The van der Waals surface area contributed by atoms with Crippen molar-refractivity contribution in [3.63, 3.8) is 0 Å². The average Bonchev–Trinajstić information content (AvgIpc) is 2.52. The minimum Gasteiger partial charge on any atom is -0.354 e. The van der Waals surface area contributed by atoms with Gasteiger partial charge in [-0.2, -0.15) is 0 Å². The van der Waals surface area contributed by atoms with Crippen molar-refractivity contribution in [1.82, 2.24) is 15.4 Å². The first-order valence-electron chi connectivity index (χ1n) is 7.89. The van der Waals surface area contributed by atoms with Crippen molar-refractivity contribution >= 4 is 21.8 Å². The van der Waals surface area contributed by atoms with Gasteiger partial charge in [-0.3, -0.25) is 9.59 Å². The zero-order chi connectivity index (χ0) is 18.2. The minimum absolute atomic E-state index is 0.0364. The molecule has 1 aromatic carbocycles. The molecular weight excluding hydrogens is 330 g/mol. The maximum Gasteiger partial charge on any atom is 0.242 e. The molecule has 0 spiro atoms. The van der Waals surface area contributed by atoms with Crippen LogP contribution in [0.15, 0.2) is 29.2 Å². The van der Waals surface area contributed by atoms with Gasteiger partial charge in [0.1, 0.15) is 6.04 Å². The standard InChI is InChI=1S/C16H25N3O4S/c1-4-10-17-16(21)13(3)19-15(20)9-11-18-24(22,23)14-7-5-12(2)6-8-14/h5-8,13,18H,4,9-11H2,1-3H3,(H,17,21)(H,19,20)/t13-/m1/s1. The van der Waals surface area contributed by atoms with Crippen LogP contribution < -0.4 is 15.4 Å². The quantitative estimate of drug-likeness (QED) is 0.606. The Labute approximate surface area is 143 Å². The highest BCUT2D eigenvalue weighted by Gasteiger charge is 2.16. The number of aryl methyl sites for hydroxylation is 1. The number of sulfonamides is 1. The summed E-state index contributed by atoms with van der Waals surface area (Å²) in [4.78, 5) is 23.6. The Balaban J connectivity index is 2.42. The largest absolute Gasteiger partial charge is 0.354 e. The van der Waals surface area contributed by atoms with Crippen molar-refractivity contribution in [1.29, 1.82) is 0 Å². The molecule has 0 unspecified atom stereocenters. The van der Waals surface area contributed by atoms with Gasteiger partial charge in [-0.15, -0.1) is 0 Å². The zero-order valence-corrected chi connectivity index (χ0v) is 15.1. The lowest BCUT2D eigenvalue weighted by molar-refractivity contribution is -0.128. The molecule has 0 saturated carbocycles. The van der Waals surface area contributed by atoms with E-state index in [2.05, 4.69) is 15.4 Å². The van der Waals surface area contributed by atoms with E-state index in [9.17, 15) is 18.0 Å². The molecule has 1 rings (SSSR count). The van der Waals surface area contributed by atoms with E-state index in [1.54, 1.807) is 19.1 Å². The number of nitrogens with one attached hydrogen (secondary N) is 3. The van der Waals surface area contributed by atoms with Crippen LogP contribution in [0.4, 0.5) is 0 Å². The van der Waals surface area contributed by atoms with Crippen molar-refractivity contribution in [3.8, 4) is 0 Å². The molecule has 1 aromatic rings. The Morgan fingerprint density at radius 2 is 1.75 bits per heavy atom. The van der Waals surface area contributed by atoms with E-state index < -0.39 is 16.1 Å². The van der Waals surface area contributed by atoms with E-state index in [0.717, 1.165) is 12.0 Å². The van der Waals surface area contributed by atoms with Crippen molar-refractivity contribution in [2.45, 2.75) is 44.6 Å². The van der Waals surface area contributed by atoms with Crippen LogP contribution in [0.1, 0.15) is 32.3 Å². The molecular formula is C16H25N3O4S. The van der Waals surface area contributed by atoms with Crippen molar-refractivity contribution < 1.29 is 18.0 Å². The van der Waals surface area contributed by atoms with Crippen molar-refractivity contribution in [2.24, 2.45) is 0 Å². The number of rotatable bonds is 9. The Kier molecular flexibility index (Phi) is 7.87. The summed E-state index contributed by atoms with van der Waals surface area (Å²) in [6.07, 6.45) is 0.768. The fourth-order valence-electron chi connectivity index (χ4n) is 1.88. The van der Waals surface area contributed by atoms with Crippen LogP contribution in [-0.2, 0) is 19.6 Å². The summed E-state index contributed by atoms with van der Waals surface area (Å²) in [6, 6.07) is 5.78.